The summed E-state index contributed by atoms with van der Waals surface area (Å²) in [5.74, 6) is 1.76. The molecule has 1 unspecified atom stereocenters. The molecule has 1 aliphatic carbocycles. The summed E-state index contributed by atoms with van der Waals surface area (Å²) in [5.41, 5.74) is 3.00. The van der Waals surface area contributed by atoms with E-state index in [0.717, 1.165) is 48.1 Å². The van der Waals surface area contributed by atoms with Gasteiger partial charge in [-0.05, 0) is 42.2 Å². The number of ether oxygens (including phenoxy) is 3. The van der Waals surface area contributed by atoms with Crippen molar-refractivity contribution in [2.24, 2.45) is 0 Å². The Bertz CT molecular complexity index is 1410. The van der Waals surface area contributed by atoms with Gasteiger partial charge in [-0.25, -0.2) is 0 Å². The Hall–Kier alpha value is -4.00. The number of nitrogens with zero attached hydrogens (tertiary/aromatic N) is 1. The lowest BCUT2D eigenvalue weighted by Gasteiger charge is -2.25. The quantitative estimate of drug-likeness (QED) is 0.567. The largest absolute Gasteiger partial charge is 0.491 e. The molecule has 0 saturated heterocycles. The zero-order valence-corrected chi connectivity index (χ0v) is 20.5. The Kier molecular flexibility index (Phi) is 5.13. The maximum atomic E-state index is 14.3. The molecule has 7 nitrogen and oxygen atoms in total. The second-order valence-electron chi connectivity index (χ2n) is 10.3. The van der Waals surface area contributed by atoms with E-state index in [1.54, 1.807) is 4.90 Å². The van der Waals surface area contributed by atoms with Gasteiger partial charge in [0.25, 0.3) is 5.91 Å². The van der Waals surface area contributed by atoms with Crippen LogP contribution in [-0.4, -0.2) is 31.3 Å². The summed E-state index contributed by atoms with van der Waals surface area (Å²) < 4.78 is 17.2. The van der Waals surface area contributed by atoms with Crippen LogP contribution in [0.4, 0.5) is 5.69 Å². The van der Waals surface area contributed by atoms with E-state index < -0.39 is 5.41 Å². The maximum Gasteiger partial charge on any atom is 0.251 e. The lowest BCUT2D eigenvalue weighted by atomic mass is 9.77. The number of amides is 2. The lowest BCUT2D eigenvalue weighted by molar-refractivity contribution is -0.122. The molecule has 7 heteroatoms. The number of hydrogen-bond donors (Lipinski definition) is 1. The van der Waals surface area contributed by atoms with E-state index in [1.807, 2.05) is 60.7 Å². The van der Waals surface area contributed by atoms with E-state index in [4.69, 9.17) is 14.2 Å². The highest BCUT2D eigenvalue weighted by molar-refractivity contribution is 6.11. The molecule has 3 aromatic rings. The van der Waals surface area contributed by atoms with Crippen molar-refractivity contribution in [1.82, 2.24) is 5.32 Å². The van der Waals surface area contributed by atoms with Crippen molar-refractivity contribution < 1.29 is 23.8 Å². The first-order chi connectivity index (χ1) is 18.1. The van der Waals surface area contributed by atoms with Gasteiger partial charge in [0.2, 0.25) is 12.7 Å². The number of hydrogen-bond acceptors (Lipinski definition) is 5. The highest BCUT2D eigenvalue weighted by atomic mass is 16.7. The molecule has 4 aliphatic rings. The van der Waals surface area contributed by atoms with Crippen LogP contribution in [0, 0.1) is 0 Å². The number of para-hydroxylation sites is 1. The molecule has 1 spiro atoms. The molecular weight excluding hydrogens is 468 g/mol. The second kappa shape index (κ2) is 8.54. The van der Waals surface area contributed by atoms with Gasteiger partial charge in [-0.1, -0.05) is 55.7 Å². The van der Waals surface area contributed by atoms with Gasteiger partial charge in [0.1, 0.15) is 17.8 Å². The fourth-order valence-electron chi connectivity index (χ4n) is 6.28. The van der Waals surface area contributed by atoms with Crippen molar-refractivity contribution in [2.75, 3.05) is 18.3 Å². The first-order valence-electron chi connectivity index (χ1n) is 13.0. The molecule has 1 saturated carbocycles. The SMILES string of the molecule is O=C(NC1CCCCC1)c1ccccc1CN1C(=O)C2(COc3cc4c(cc32)OCO4)c2ccccc21. The number of fused-ring (bicyclic) bond motifs is 5. The number of nitrogens with one attached hydrogen (secondary N) is 1. The van der Waals surface area contributed by atoms with Crippen LogP contribution in [0.25, 0.3) is 0 Å². The average Bonchev–Trinajstić information content (AvgIpc) is 3.61. The fraction of sp³-hybridized carbons (Fsp3) is 0.333. The Labute approximate surface area is 215 Å². The Balaban J connectivity index is 1.24. The number of carbonyl (C=O) groups is 2. The van der Waals surface area contributed by atoms with Crippen LogP contribution in [0.5, 0.6) is 17.2 Å². The maximum absolute atomic E-state index is 14.3. The van der Waals surface area contributed by atoms with Crippen molar-refractivity contribution in [3.05, 3.63) is 82.9 Å². The van der Waals surface area contributed by atoms with Gasteiger partial charge >= 0.3 is 0 Å². The van der Waals surface area contributed by atoms with E-state index >= 15 is 0 Å². The van der Waals surface area contributed by atoms with Gasteiger partial charge in [-0.2, -0.15) is 0 Å². The van der Waals surface area contributed by atoms with Gasteiger partial charge < -0.3 is 24.4 Å². The molecule has 1 fully saturated rings. The fourth-order valence-corrected chi connectivity index (χ4v) is 6.28. The van der Waals surface area contributed by atoms with Crippen molar-refractivity contribution in [1.29, 1.82) is 0 Å². The van der Waals surface area contributed by atoms with Crippen LogP contribution in [0.15, 0.2) is 60.7 Å². The Morgan fingerprint density at radius 3 is 2.51 bits per heavy atom. The summed E-state index contributed by atoms with van der Waals surface area (Å²) in [7, 11) is 0. The van der Waals surface area contributed by atoms with E-state index in [9.17, 15) is 9.59 Å². The zero-order valence-electron chi connectivity index (χ0n) is 20.5. The van der Waals surface area contributed by atoms with Gasteiger partial charge in [-0.3, -0.25) is 9.59 Å². The smallest absolute Gasteiger partial charge is 0.251 e. The van der Waals surface area contributed by atoms with E-state index in [1.165, 1.54) is 6.42 Å². The zero-order chi connectivity index (χ0) is 25.0. The van der Waals surface area contributed by atoms with Crippen LogP contribution in [0.3, 0.4) is 0 Å². The molecule has 0 radical (unpaired) electrons. The molecule has 1 atom stereocenters. The number of anilines is 1. The predicted octanol–water partition coefficient (Wildman–Crippen LogP) is 4.70. The van der Waals surface area contributed by atoms with Gasteiger partial charge in [-0.15, -0.1) is 0 Å². The van der Waals surface area contributed by atoms with Crippen molar-refractivity contribution in [2.45, 2.75) is 50.1 Å². The van der Waals surface area contributed by atoms with Crippen LogP contribution in [0.2, 0.25) is 0 Å². The van der Waals surface area contributed by atoms with E-state index in [-0.39, 0.29) is 31.3 Å². The third-order valence-electron chi connectivity index (χ3n) is 8.17. The average molecular weight is 497 g/mol. The van der Waals surface area contributed by atoms with Gasteiger partial charge in [0.15, 0.2) is 11.5 Å². The summed E-state index contributed by atoms with van der Waals surface area (Å²) in [6.45, 7) is 0.661. The van der Waals surface area contributed by atoms with Crippen LogP contribution < -0.4 is 24.4 Å². The highest BCUT2D eigenvalue weighted by Crippen LogP contribution is 2.55. The van der Waals surface area contributed by atoms with E-state index in [2.05, 4.69) is 5.32 Å². The highest BCUT2D eigenvalue weighted by Gasteiger charge is 2.57. The summed E-state index contributed by atoms with van der Waals surface area (Å²) in [5, 5.41) is 3.23. The minimum absolute atomic E-state index is 0.0613. The molecule has 188 valence electrons. The van der Waals surface area contributed by atoms with E-state index in [0.29, 0.717) is 29.4 Å². The van der Waals surface area contributed by atoms with Crippen molar-refractivity contribution >= 4 is 17.5 Å². The standard InChI is InChI=1S/C30H28N2O5/c33-28(31-20-9-2-1-3-10-20)21-11-5-4-8-19(21)16-32-24-13-7-6-12-22(24)30(29(32)34)17-35-25-15-27-26(14-23(25)30)36-18-37-27/h4-8,11-15,20H,1-3,9-10,16-18H2,(H,31,33). The topological polar surface area (TPSA) is 77.1 Å². The summed E-state index contributed by atoms with van der Waals surface area (Å²) >= 11 is 0. The summed E-state index contributed by atoms with van der Waals surface area (Å²) in [6.07, 6.45) is 5.57. The molecule has 0 aromatic heterocycles. The Morgan fingerprint density at radius 2 is 1.65 bits per heavy atom. The molecule has 1 N–H and O–H groups in total. The first kappa shape index (κ1) is 22.2. The lowest BCUT2D eigenvalue weighted by Crippen LogP contribution is -2.42. The molecule has 3 aromatic carbocycles. The van der Waals surface area contributed by atoms with Crippen LogP contribution in [-0.2, 0) is 16.8 Å². The van der Waals surface area contributed by atoms with Gasteiger partial charge in [0, 0.05) is 28.9 Å². The minimum Gasteiger partial charge on any atom is -0.491 e. The molecule has 37 heavy (non-hydrogen) atoms. The predicted molar refractivity (Wildman–Crippen MR) is 137 cm³/mol. The molecule has 2 amide bonds. The van der Waals surface area contributed by atoms with Crippen LogP contribution >= 0.6 is 0 Å². The monoisotopic (exact) mass is 496 g/mol. The number of carbonyl (C=O) groups excluding carboxylic acids is 2. The first-order valence-corrected chi connectivity index (χ1v) is 13.0. The minimum atomic E-state index is -0.966. The van der Waals surface area contributed by atoms with Crippen LogP contribution in [0.1, 0.15) is 59.2 Å². The summed E-state index contributed by atoms with van der Waals surface area (Å²) in [4.78, 5) is 29.4. The molecule has 3 aliphatic heterocycles. The third kappa shape index (κ3) is 3.40. The normalized spacial score (nSPS) is 21.6. The number of rotatable bonds is 4. The summed E-state index contributed by atoms with van der Waals surface area (Å²) in [6, 6.07) is 19.4. The molecule has 3 heterocycles. The molecule has 0 bridgehead atoms. The van der Waals surface area contributed by atoms with Crippen molar-refractivity contribution in [3.8, 4) is 17.2 Å². The molecular formula is C30H28N2O5. The number of benzene rings is 3. The Morgan fingerprint density at radius 1 is 0.892 bits per heavy atom. The third-order valence-corrected chi connectivity index (χ3v) is 8.17. The van der Waals surface area contributed by atoms with Crippen molar-refractivity contribution in [3.63, 3.8) is 0 Å². The molecule has 7 rings (SSSR count). The second-order valence-corrected chi connectivity index (χ2v) is 10.3. The van der Waals surface area contributed by atoms with Gasteiger partial charge in [0.05, 0.1) is 6.54 Å².